The molecule has 1 rings (SSSR count). The SMILES string of the molecule is C/C=C(\S/C(=C/CC)NC=O)C(=O)NC1CCC(=O)NC1=O.COC(C)(C)C. The number of nitrogens with one attached hydrogen (secondary N) is 3. The Bertz CT molecular complexity index is 624. The molecule has 8 nitrogen and oxygen atoms in total. The van der Waals surface area contributed by atoms with Crippen molar-refractivity contribution < 1.29 is 23.9 Å². The largest absolute Gasteiger partial charge is 0.379 e. The van der Waals surface area contributed by atoms with Crippen LogP contribution in [-0.4, -0.2) is 42.9 Å². The highest BCUT2D eigenvalue weighted by Gasteiger charge is 2.28. The van der Waals surface area contributed by atoms with Crippen molar-refractivity contribution in [1.29, 1.82) is 0 Å². The quantitative estimate of drug-likeness (QED) is 0.334. The van der Waals surface area contributed by atoms with E-state index in [9.17, 15) is 19.2 Å². The van der Waals surface area contributed by atoms with Gasteiger partial charge in [0.05, 0.1) is 15.5 Å². The Morgan fingerprint density at radius 2 is 1.96 bits per heavy atom. The molecule has 0 saturated carbocycles. The van der Waals surface area contributed by atoms with Crippen molar-refractivity contribution in [2.45, 2.75) is 65.5 Å². The third kappa shape index (κ3) is 10.9. The molecule has 1 saturated heterocycles. The molecule has 1 aliphatic heterocycles. The zero-order valence-electron chi connectivity index (χ0n) is 17.4. The van der Waals surface area contributed by atoms with Crippen LogP contribution in [0.4, 0.5) is 0 Å². The number of amides is 4. The van der Waals surface area contributed by atoms with E-state index in [1.54, 1.807) is 26.2 Å². The summed E-state index contributed by atoms with van der Waals surface area (Å²) in [4.78, 5) is 45.8. The second-order valence-corrected chi connectivity index (χ2v) is 7.87. The number of carbonyl (C=O) groups is 4. The molecule has 0 bridgehead atoms. The Morgan fingerprint density at radius 1 is 1.36 bits per heavy atom. The lowest BCUT2D eigenvalue weighted by Crippen LogP contribution is -2.52. The molecular formula is C19H31N3O5S. The van der Waals surface area contributed by atoms with Crippen LogP contribution in [-0.2, 0) is 23.9 Å². The van der Waals surface area contributed by atoms with Gasteiger partial charge in [-0.2, -0.15) is 0 Å². The van der Waals surface area contributed by atoms with Crippen LogP contribution in [0.3, 0.4) is 0 Å². The van der Waals surface area contributed by atoms with Crippen LogP contribution in [0.2, 0.25) is 0 Å². The molecule has 4 amide bonds. The molecule has 1 unspecified atom stereocenters. The molecule has 1 heterocycles. The summed E-state index contributed by atoms with van der Waals surface area (Å²) in [6.07, 6.45) is 5.10. The minimum atomic E-state index is -0.724. The van der Waals surface area contributed by atoms with Gasteiger partial charge in [-0.3, -0.25) is 24.5 Å². The van der Waals surface area contributed by atoms with Gasteiger partial charge in [-0.1, -0.05) is 30.8 Å². The predicted octanol–water partition coefficient (Wildman–Crippen LogP) is 1.97. The summed E-state index contributed by atoms with van der Waals surface area (Å²) in [6, 6.07) is -0.724. The average molecular weight is 414 g/mol. The van der Waals surface area contributed by atoms with Gasteiger partial charge in [0.15, 0.2) is 0 Å². The molecule has 0 aromatic rings. The summed E-state index contributed by atoms with van der Waals surface area (Å²) in [5.41, 5.74) is 0.0417. The highest BCUT2D eigenvalue weighted by Crippen LogP contribution is 2.24. The summed E-state index contributed by atoms with van der Waals surface area (Å²) in [7, 11) is 1.71. The van der Waals surface area contributed by atoms with Gasteiger partial charge in [-0.05, 0) is 40.5 Å². The van der Waals surface area contributed by atoms with Crippen molar-refractivity contribution in [1.82, 2.24) is 16.0 Å². The van der Waals surface area contributed by atoms with Crippen LogP contribution in [0.25, 0.3) is 0 Å². The number of piperidine rings is 1. The predicted molar refractivity (Wildman–Crippen MR) is 110 cm³/mol. The van der Waals surface area contributed by atoms with E-state index in [0.29, 0.717) is 22.8 Å². The van der Waals surface area contributed by atoms with E-state index in [-0.39, 0.29) is 24.3 Å². The maximum absolute atomic E-state index is 12.2. The number of carbonyl (C=O) groups excluding carboxylic acids is 4. The molecule has 0 radical (unpaired) electrons. The number of allylic oxidation sites excluding steroid dienone is 2. The maximum Gasteiger partial charge on any atom is 0.258 e. The highest BCUT2D eigenvalue weighted by atomic mass is 32.2. The van der Waals surface area contributed by atoms with Crippen LogP contribution >= 0.6 is 11.8 Å². The lowest BCUT2D eigenvalue weighted by molar-refractivity contribution is -0.136. The van der Waals surface area contributed by atoms with Gasteiger partial charge in [0, 0.05) is 13.5 Å². The molecule has 0 spiro atoms. The first-order valence-electron chi connectivity index (χ1n) is 9.02. The van der Waals surface area contributed by atoms with Gasteiger partial charge in [-0.25, -0.2) is 0 Å². The summed E-state index contributed by atoms with van der Waals surface area (Å²) < 4.78 is 4.94. The summed E-state index contributed by atoms with van der Waals surface area (Å²) in [5, 5.41) is 7.84. The molecule has 0 aliphatic carbocycles. The van der Waals surface area contributed by atoms with Crippen LogP contribution in [0.15, 0.2) is 22.1 Å². The number of rotatable bonds is 7. The molecule has 1 aliphatic rings. The van der Waals surface area contributed by atoms with Crippen LogP contribution < -0.4 is 16.0 Å². The van der Waals surface area contributed by atoms with E-state index < -0.39 is 17.9 Å². The van der Waals surface area contributed by atoms with E-state index in [0.717, 1.165) is 11.8 Å². The number of ether oxygens (including phenoxy) is 1. The van der Waals surface area contributed by atoms with Crippen LogP contribution in [0.1, 0.15) is 53.9 Å². The summed E-state index contributed by atoms with van der Waals surface area (Å²) in [5.74, 6) is -1.25. The third-order valence-electron chi connectivity index (χ3n) is 3.45. The van der Waals surface area contributed by atoms with Crippen LogP contribution in [0, 0.1) is 0 Å². The van der Waals surface area contributed by atoms with Crippen molar-refractivity contribution in [2.75, 3.05) is 7.11 Å². The fourth-order valence-electron chi connectivity index (χ4n) is 1.79. The lowest BCUT2D eigenvalue weighted by atomic mass is 10.1. The Balaban J connectivity index is 0.00000105. The Morgan fingerprint density at radius 3 is 2.39 bits per heavy atom. The zero-order chi connectivity index (χ0) is 21.7. The monoisotopic (exact) mass is 413 g/mol. The van der Waals surface area contributed by atoms with Crippen molar-refractivity contribution in [3.05, 3.63) is 22.1 Å². The minimum absolute atomic E-state index is 0.0417. The second-order valence-electron chi connectivity index (χ2n) is 6.79. The molecular weight excluding hydrogens is 382 g/mol. The van der Waals surface area contributed by atoms with E-state index in [1.165, 1.54) is 0 Å². The van der Waals surface area contributed by atoms with E-state index in [2.05, 4.69) is 16.0 Å². The van der Waals surface area contributed by atoms with Crippen molar-refractivity contribution in [3.8, 4) is 0 Å². The first-order chi connectivity index (χ1) is 13.1. The smallest absolute Gasteiger partial charge is 0.258 e. The first-order valence-corrected chi connectivity index (χ1v) is 9.83. The molecule has 1 atom stereocenters. The van der Waals surface area contributed by atoms with Gasteiger partial charge in [0.2, 0.25) is 18.2 Å². The van der Waals surface area contributed by atoms with Gasteiger partial charge in [-0.15, -0.1) is 0 Å². The molecule has 1 fully saturated rings. The number of hydrogen-bond acceptors (Lipinski definition) is 6. The van der Waals surface area contributed by atoms with E-state index >= 15 is 0 Å². The molecule has 28 heavy (non-hydrogen) atoms. The summed E-state index contributed by atoms with van der Waals surface area (Å²) >= 11 is 1.11. The number of thioether (sulfide) groups is 1. The highest BCUT2D eigenvalue weighted by molar-refractivity contribution is 8.07. The fourth-order valence-corrected chi connectivity index (χ4v) is 2.65. The van der Waals surface area contributed by atoms with Gasteiger partial charge >= 0.3 is 0 Å². The fraction of sp³-hybridized carbons (Fsp3) is 0.579. The zero-order valence-corrected chi connectivity index (χ0v) is 18.2. The lowest BCUT2D eigenvalue weighted by Gasteiger charge is -2.22. The van der Waals surface area contributed by atoms with Gasteiger partial charge < -0.3 is 15.4 Å². The Kier molecular flexibility index (Phi) is 12.1. The minimum Gasteiger partial charge on any atom is -0.379 e. The molecule has 158 valence electrons. The Labute approximate surface area is 170 Å². The van der Waals surface area contributed by atoms with Gasteiger partial charge in [0.25, 0.3) is 5.91 Å². The molecule has 3 N–H and O–H groups in total. The molecule has 0 aromatic heterocycles. The molecule has 9 heteroatoms. The topological polar surface area (TPSA) is 114 Å². The number of methoxy groups -OCH3 is 1. The average Bonchev–Trinajstić information content (AvgIpc) is 2.62. The normalized spacial score (nSPS) is 17.9. The first kappa shape index (κ1) is 25.9. The second kappa shape index (κ2) is 13.1. The Hall–Kier alpha value is -2.13. The van der Waals surface area contributed by atoms with Crippen LogP contribution in [0.5, 0.6) is 0 Å². The van der Waals surface area contributed by atoms with E-state index in [4.69, 9.17) is 4.74 Å². The van der Waals surface area contributed by atoms with Crippen molar-refractivity contribution in [3.63, 3.8) is 0 Å². The van der Waals surface area contributed by atoms with Crippen molar-refractivity contribution in [2.24, 2.45) is 0 Å². The standard InChI is InChI=1S/C14H19N3O4S.C5H12O/c1-3-5-12(15-8-18)22-10(4-2)14(21)16-9-6-7-11(19)17-13(9)20;1-5(2,3)6-4/h4-5,8-9H,3,6-7H2,1-2H3,(H,15,18)(H,16,21)(H,17,19,20);1-4H3/b10-4-,12-5+;. The van der Waals surface area contributed by atoms with Gasteiger partial charge in [0.1, 0.15) is 6.04 Å². The van der Waals surface area contributed by atoms with E-state index in [1.807, 2.05) is 27.7 Å². The number of imide groups is 1. The van der Waals surface area contributed by atoms with Crippen molar-refractivity contribution >= 4 is 35.9 Å². The maximum atomic E-state index is 12.2. The third-order valence-corrected chi connectivity index (χ3v) is 4.60. The molecule has 0 aromatic carbocycles. The number of hydrogen-bond donors (Lipinski definition) is 3. The summed E-state index contributed by atoms with van der Waals surface area (Å²) in [6.45, 7) is 9.66.